The van der Waals surface area contributed by atoms with E-state index >= 15 is 0 Å². The fourth-order valence-electron chi connectivity index (χ4n) is 10.0. The van der Waals surface area contributed by atoms with Crippen molar-refractivity contribution in [1.29, 1.82) is 0 Å². The maximum Gasteiger partial charge on any atom is 0.472 e. The third-order valence-corrected chi connectivity index (χ3v) is 17.3. The van der Waals surface area contributed by atoms with Gasteiger partial charge in [0.05, 0.1) is 26.4 Å². The van der Waals surface area contributed by atoms with Gasteiger partial charge in [0.2, 0.25) is 0 Å². The number of rotatable bonds is 65. The molecule has 0 aliphatic carbocycles. The van der Waals surface area contributed by atoms with Crippen LogP contribution in [0.5, 0.6) is 0 Å². The lowest BCUT2D eigenvalue weighted by atomic mass is 10.0. The van der Waals surface area contributed by atoms with Crippen molar-refractivity contribution in [1.82, 2.24) is 0 Å². The van der Waals surface area contributed by atoms with E-state index in [1.807, 2.05) is 0 Å². The molecule has 0 amide bonds. The summed E-state index contributed by atoms with van der Waals surface area (Å²) in [4.78, 5) is 72.3. The predicted octanol–water partition coefficient (Wildman–Crippen LogP) is 18.7. The van der Waals surface area contributed by atoms with Crippen LogP contribution in [-0.4, -0.2) is 96.7 Å². The second kappa shape index (κ2) is 58.2. The van der Waals surface area contributed by atoms with E-state index in [0.29, 0.717) is 37.5 Å². The Balaban J connectivity index is 5.22. The van der Waals surface area contributed by atoms with Crippen LogP contribution >= 0.6 is 15.6 Å². The van der Waals surface area contributed by atoms with Crippen molar-refractivity contribution in [2.24, 2.45) is 17.8 Å². The molecule has 5 atom stereocenters. The smallest absolute Gasteiger partial charge is 0.462 e. The summed E-state index contributed by atoms with van der Waals surface area (Å²) in [5.41, 5.74) is 0. The first-order chi connectivity index (χ1) is 41.2. The molecule has 0 rings (SSSR count). The zero-order chi connectivity index (χ0) is 63.8. The molecule has 0 saturated heterocycles. The van der Waals surface area contributed by atoms with E-state index in [-0.39, 0.29) is 25.7 Å². The Hall–Kier alpha value is -1.94. The minimum absolute atomic E-state index is 0.101. The largest absolute Gasteiger partial charge is 0.472 e. The van der Waals surface area contributed by atoms with Gasteiger partial charge in [0.1, 0.15) is 19.3 Å². The number of unbranched alkanes of at least 4 members (excludes halogenated alkanes) is 33. The molecule has 0 fully saturated rings. The predicted molar refractivity (Wildman–Crippen MR) is 344 cm³/mol. The van der Waals surface area contributed by atoms with Gasteiger partial charge in [-0.1, -0.05) is 280 Å². The van der Waals surface area contributed by atoms with Crippen molar-refractivity contribution < 1.29 is 80.2 Å². The third kappa shape index (κ3) is 60.9. The molecule has 86 heavy (non-hydrogen) atoms. The first-order valence-electron chi connectivity index (χ1n) is 34.8. The summed E-state index contributed by atoms with van der Waals surface area (Å²) >= 11 is 0. The van der Waals surface area contributed by atoms with E-state index in [9.17, 15) is 43.2 Å². The molecule has 0 bridgehead atoms. The molecule has 0 aliphatic heterocycles. The van der Waals surface area contributed by atoms with Gasteiger partial charge < -0.3 is 33.8 Å². The number of hydrogen-bond acceptors (Lipinski definition) is 15. The molecule has 19 heteroatoms. The highest BCUT2D eigenvalue weighted by atomic mass is 31.2. The van der Waals surface area contributed by atoms with E-state index in [2.05, 4.69) is 48.5 Å². The van der Waals surface area contributed by atoms with Gasteiger partial charge >= 0.3 is 39.5 Å². The second-order valence-electron chi connectivity index (χ2n) is 25.6. The maximum absolute atomic E-state index is 13.0. The first-order valence-corrected chi connectivity index (χ1v) is 37.8. The van der Waals surface area contributed by atoms with Crippen LogP contribution in [0.25, 0.3) is 0 Å². The number of aliphatic hydroxyl groups is 1. The molecule has 3 N–H and O–H groups in total. The molecule has 17 nitrogen and oxygen atoms in total. The molecule has 0 aromatic heterocycles. The van der Waals surface area contributed by atoms with E-state index in [0.717, 1.165) is 102 Å². The number of phosphoric ester groups is 2. The Morgan fingerprint density at radius 2 is 0.535 bits per heavy atom. The van der Waals surface area contributed by atoms with Crippen molar-refractivity contribution in [2.75, 3.05) is 39.6 Å². The fraction of sp³-hybridized carbons (Fsp3) is 0.940. The zero-order valence-electron chi connectivity index (χ0n) is 55.8. The maximum atomic E-state index is 13.0. The molecule has 0 heterocycles. The summed E-state index contributed by atoms with van der Waals surface area (Å²) in [6.45, 7) is 11.7. The number of ether oxygens (including phenoxy) is 4. The van der Waals surface area contributed by atoms with Crippen LogP contribution in [0.15, 0.2) is 0 Å². The first kappa shape index (κ1) is 84.1. The van der Waals surface area contributed by atoms with Crippen molar-refractivity contribution >= 4 is 39.5 Å². The summed E-state index contributed by atoms with van der Waals surface area (Å²) in [6.07, 6.45) is 40.6. The van der Waals surface area contributed by atoms with E-state index in [1.54, 1.807) is 0 Å². The number of aliphatic hydroxyl groups excluding tert-OH is 1. The van der Waals surface area contributed by atoms with Gasteiger partial charge in [-0.05, 0) is 43.4 Å². The van der Waals surface area contributed by atoms with E-state index in [1.165, 1.54) is 135 Å². The minimum atomic E-state index is -4.95. The Morgan fingerprint density at radius 3 is 0.791 bits per heavy atom. The Morgan fingerprint density at radius 1 is 0.314 bits per heavy atom. The van der Waals surface area contributed by atoms with Crippen LogP contribution in [-0.2, 0) is 65.4 Å². The summed E-state index contributed by atoms with van der Waals surface area (Å²) in [7, 11) is -9.89. The standard InChI is InChI=1S/C67H130O17P2/c1-8-9-10-11-12-13-14-19-22-25-34-41-48-64(69)77-54-62(83-66(71)50-43-36-26-23-20-17-15-16-18-21-24-31-38-45-58(2)3)56-81-85(73,74)79-52-61(68)53-80-86(75,76)82-57-63(84-67(72)51-44-37-30-28-33-40-47-60(6)7)55-78-65(70)49-42-35-29-27-32-39-46-59(4)5/h58-63,68H,8-57H2,1-7H3,(H,73,74)(H,75,76)/t61-,62-,63-/m1/s1. The Kier molecular flexibility index (Phi) is 56.9. The number of carbonyl (C=O) groups is 4. The molecular weight excluding hydrogens is 1140 g/mol. The van der Waals surface area contributed by atoms with Gasteiger partial charge in [-0.3, -0.25) is 37.3 Å². The van der Waals surface area contributed by atoms with Crippen molar-refractivity contribution in [2.45, 2.75) is 349 Å². The lowest BCUT2D eigenvalue weighted by Crippen LogP contribution is -2.30. The highest BCUT2D eigenvalue weighted by Gasteiger charge is 2.30. The van der Waals surface area contributed by atoms with Gasteiger partial charge in [0.25, 0.3) is 0 Å². The topological polar surface area (TPSA) is 237 Å². The van der Waals surface area contributed by atoms with Gasteiger partial charge in [0.15, 0.2) is 12.2 Å². The summed E-state index contributed by atoms with van der Waals surface area (Å²) in [5.74, 6) is -0.000542. The van der Waals surface area contributed by atoms with Crippen LogP contribution in [0.2, 0.25) is 0 Å². The lowest BCUT2D eigenvalue weighted by molar-refractivity contribution is -0.161. The second-order valence-corrected chi connectivity index (χ2v) is 28.5. The van der Waals surface area contributed by atoms with Gasteiger partial charge in [0, 0.05) is 25.7 Å². The van der Waals surface area contributed by atoms with Gasteiger partial charge in [-0.2, -0.15) is 0 Å². The number of phosphoric acid groups is 2. The average molecular weight is 1270 g/mol. The fourth-order valence-corrected chi connectivity index (χ4v) is 11.6. The van der Waals surface area contributed by atoms with Crippen LogP contribution in [0.3, 0.4) is 0 Å². The van der Waals surface area contributed by atoms with Gasteiger partial charge in [-0.15, -0.1) is 0 Å². The lowest BCUT2D eigenvalue weighted by Gasteiger charge is -2.21. The van der Waals surface area contributed by atoms with Crippen LogP contribution in [0.4, 0.5) is 0 Å². The van der Waals surface area contributed by atoms with E-state index < -0.39 is 97.5 Å². The highest BCUT2D eigenvalue weighted by Crippen LogP contribution is 2.45. The molecule has 0 spiro atoms. The number of hydrogen-bond donors (Lipinski definition) is 3. The van der Waals surface area contributed by atoms with Crippen molar-refractivity contribution in [3.05, 3.63) is 0 Å². The number of esters is 4. The molecule has 0 aromatic carbocycles. The molecule has 2 unspecified atom stereocenters. The summed E-state index contributed by atoms with van der Waals surface area (Å²) < 4.78 is 68.1. The highest BCUT2D eigenvalue weighted by molar-refractivity contribution is 7.47. The monoisotopic (exact) mass is 1270 g/mol. The molecule has 0 saturated carbocycles. The summed E-state index contributed by atoms with van der Waals surface area (Å²) in [5, 5.41) is 10.5. The minimum Gasteiger partial charge on any atom is -0.462 e. The van der Waals surface area contributed by atoms with Crippen LogP contribution < -0.4 is 0 Å². The normalized spacial score (nSPS) is 14.3. The summed E-state index contributed by atoms with van der Waals surface area (Å²) in [6, 6.07) is 0. The van der Waals surface area contributed by atoms with E-state index in [4.69, 9.17) is 37.0 Å². The van der Waals surface area contributed by atoms with Crippen molar-refractivity contribution in [3.8, 4) is 0 Å². The average Bonchev–Trinajstić information content (AvgIpc) is 3.67. The quantitative estimate of drug-likeness (QED) is 0.0222. The number of carbonyl (C=O) groups excluding carboxylic acids is 4. The van der Waals surface area contributed by atoms with Crippen molar-refractivity contribution in [3.63, 3.8) is 0 Å². The Bertz CT molecular complexity index is 1700. The van der Waals surface area contributed by atoms with Gasteiger partial charge in [-0.25, -0.2) is 9.13 Å². The molecule has 0 aromatic rings. The SMILES string of the molecule is CCCCCCCCCCCCCCC(=O)OC[C@H](COP(=O)(O)OC[C@@H](O)COP(=O)(O)OC[C@@H](COC(=O)CCCCCCCCC(C)C)OC(=O)CCCCCCCCC(C)C)OC(=O)CCCCCCCCCCCCCCCC(C)C. The third-order valence-electron chi connectivity index (χ3n) is 15.4. The van der Waals surface area contributed by atoms with Crippen LogP contribution in [0, 0.1) is 17.8 Å². The molecular formula is C67H130O17P2. The molecule has 0 radical (unpaired) electrons. The zero-order valence-corrected chi connectivity index (χ0v) is 57.6. The molecule has 0 aliphatic rings. The van der Waals surface area contributed by atoms with Crippen LogP contribution in [0.1, 0.15) is 331 Å². The molecule has 510 valence electrons. The Labute approximate surface area is 524 Å².